The first kappa shape index (κ1) is 19.9. The molecule has 1 aromatic carbocycles. The zero-order valence-corrected chi connectivity index (χ0v) is 17.2. The van der Waals surface area contributed by atoms with E-state index in [0.717, 1.165) is 4.90 Å². The maximum atomic E-state index is 12.9. The first-order valence-electron chi connectivity index (χ1n) is 8.74. The van der Waals surface area contributed by atoms with E-state index in [1.165, 1.54) is 16.1 Å². The number of benzene rings is 1. The summed E-state index contributed by atoms with van der Waals surface area (Å²) in [6.45, 7) is 6.37. The number of piperazine rings is 1. The van der Waals surface area contributed by atoms with Crippen molar-refractivity contribution in [3.05, 3.63) is 41.8 Å². The van der Waals surface area contributed by atoms with Gasteiger partial charge in [-0.1, -0.05) is 23.4 Å². The molecule has 0 spiro atoms. The van der Waals surface area contributed by atoms with E-state index in [0.29, 0.717) is 24.5 Å². The fraction of sp³-hybridized carbons (Fsp3) is 0.444. The number of amides is 1. The summed E-state index contributed by atoms with van der Waals surface area (Å²) in [5.41, 5.74) is 0.360. The number of sulfonamides is 1. The predicted molar refractivity (Wildman–Crippen MR) is 103 cm³/mol. The van der Waals surface area contributed by atoms with Gasteiger partial charge in [-0.25, -0.2) is 8.42 Å². The monoisotopic (exact) mass is 409 g/mol. The SMILES string of the molecule is Cc1noc(C)c1S(=O)(=O)N1CCN(C(=O)[C@@H](C)Sc2ccccc2)CC1. The van der Waals surface area contributed by atoms with Crippen LogP contribution in [0.1, 0.15) is 18.4 Å². The van der Waals surface area contributed by atoms with E-state index < -0.39 is 10.0 Å². The zero-order chi connectivity index (χ0) is 19.6. The molecule has 146 valence electrons. The van der Waals surface area contributed by atoms with E-state index in [-0.39, 0.29) is 29.1 Å². The maximum absolute atomic E-state index is 12.9. The number of aromatic nitrogens is 1. The van der Waals surface area contributed by atoms with Gasteiger partial charge < -0.3 is 9.42 Å². The lowest BCUT2D eigenvalue weighted by Crippen LogP contribution is -2.52. The second-order valence-corrected chi connectivity index (χ2v) is 9.74. The highest BCUT2D eigenvalue weighted by Crippen LogP contribution is 2.26. The highest BCUT2D eigenvalue weighted by Gasteiger charge is 2.35. The molecule has 1 atom stereocenters. The fourth-order valence-electron chi connectivity index (χ4n) is 3.13. The van der Waals surface area contributed by atoms with Gasteiger partial charge in [0.2, 0.25) is 15.9 Å². The Balaban J connectivity index is 1.62. The van der Waals surface area contributed by atoms with E-state index in [1.807, 2.05) is 37.3 Å². The number of carbonyl (C=O) groups is 1. The minimum absolute atomic E-state index is 0.0261. The fourth-order valence-corrected chi connectivity index (χ4v) is 5.82. The molecule has 0 bridgehead atoms. The molecule has 0 radical (unpaired) electrons. The molecule has 3 rings (SSSR count). The van der Waals surface area contributed by atoms with E-state index in [1.54, 1.807) is 18.7 Å². The van der Waals surface area contributed by atoms with Gasteiger partial charge in [-0.3, -0.25) is 4.79 Å². The van der Waals surface area contributed by atoms with Crippen LogP contribution in [0, 0.1) is 13.8 Å². The van der Waals surface area contributed by atoms with Crippen LogP contribution in [0.25, 0.3) is 0 Å². The van der Waals surface area contributed by atoms with Crippen molar-refractivity contribution in [2.75, 3.05) is 26.2 Å². The maximum Gasteiger partial charge on any atom is 0.248 e. The van der Waals surface area contributed by atoms with Crippen molar-refractivity contribution in [2.45, 2.75) is 35.8 Å². The molecule has 2 heterocycles. The van der Waals surface area contributed by atoms with Gasteiger partial charge in [0.1, 0.15) is 10.6 Å². The third kappa shape index (κ3) is 4.20. The largest absolute Gasteiger partial charge is 0.360 e. The van der Waals surface area contributed by atoms with Crippen molar-refractivity contribution >= 4 is 27.7 Å². The van der Waals surface area contributed by atoms with Gasteiger partial charge >= 0.3 is 0 Å². The Morgan fingerprint density at radius 2 is 1.78 bits per heavy atom. The summed E-state index contributed by atoms with van der Waals surface area (Å²) in [6, 6.07) is 9.77. The zero-order valence-electron chi connectivity index (χ0n) is 15.6. The van der Waals surface area contributed by atoms with Crippen LogP contribution in [0.5, 0.6) is 0 Å². The molecule has 1 aromatic heterocycles. The Morgan fingerprint density at radius 1 is 1.15 bits per heavy atom. The van der Waals surface area contributed by atoms with Crippen LogP contribution in [0.3, 0.4) is 0 Å². The van der Waals surface area contributed by atoms with Crippen molar-refractivity contribution in [1.29, 1.82) is 0 Å². The second kappa shape index (κ2) is 8.04. The molecule has 1 fully saturated rings. The van der Waals surface area contributed by atoms with Crippen LogP contribution in [-0.4, -0.2) is 60.1 Å². The minimum Gasteiger partial charge on any atom is -0.360 e. The summed E-state index contributed by atoms with van der Waals surface area (Å²) in [5, 5.41) is 3.51. The summed E-state index contributed by atoms with van der Waals surface area (Å²) in [7, 11) is -3.66. The van der Waals surface area contributed by atoms with Crippen molar-refractivity contribution in [3.8, 4) is 0 Å². The second-order valence-electron chi connectivity index (χ2n) is 6.46. The van der Waals surface area contributed by atoms with Crippen molar-refractivity contribution < 1.29 is 17.7 Å². The molecule has 9 heteroatoms. The van der Waals surface area contributed by atoms with Gasteiger partial charge in [0.15, 0.2) is 5.76 Å². The van der Waals surface area contributed by atoms with E-state index in [4.69, 9.17) is 4.52 Å². The Hall–Kier alpha value is -1.84. The lowest BCUT2D eigenvalue weighted by molar-refractivity contribution is -0.131. The Morgan fingerprint density at radius 3 is 2.33 bits per heavy atom. The van der Waals surface area contributed by atoms with Crippen molar-refractivity contribution in [2.24, 2.45) is 0 Å². The number of rotatable bonds is 5. The Bertz CT molecular complexity index is 884. The van der Waals surface area contributed by atoms with Crippen LogP contribution in [0.2, 0.25) is 0 Å². The van der Waals surface area contributed by atoms with Crippen LogP contribution in [-0.2, 0) is 14.8 Å². The van der Waals surface area contributed by atoms with Gasteiger partial charge in [0.25, 0.3) is 0 Å². The molecule has 0 N–H and O–H groups in total. The van der Waals surface area contributed by atoms with Crippen LogP contribution in [0.4, 0.5) is 0 Å². The Labute approximate surface area is 163 Å². The Kier molecular flexibility index (Phi) is 5.92. The van der Waals surface area contributed by atoms with Gasteiger partial charge in [-0.15, -0.1) is 11.8 Å². The summed E-state index contributed by atoms with van der Waals surface area (Å²) >= 11 is 1.51. The molecule has 1 aliphatic heterocycles. The van der Waals surface area contributed by atoms with Crippen molar-refractivity contribution in [3.63, 3.8) is 0 Å². The third-order valence-electron chi connectivity index (χ3n) is 4.52. The predicted octanol–water partition coefficient (Wildman–Crippen LogP) is 2.31. The first-order valence-corrected chi connectivity index (χ1v) is 11.1. The lowest BCUT2D eigenvalue weighted by atomic mass is 10.3. The quantitative estimate of drug-likeness (QED) is 0.705. The molecular formula is C18H23N3O4S2. The van der Waals surface area contributed by atoms with Gasteiger partial charge in [0, 0.05) is 31.1 Å². The molecule has 2 aromatic rings. The molecule has 0 unspecified atom stereocenters. The molecule has 0 saturated carbocycles. The number of aryl methyl sites for hydroxylation is 2. The van der Waals surface area contributed by atoms with Gasteiger partial charge in [-0.2, -0.15) is 4.31 Å². The number of thioether (sulfide) groups is 1. The smallest absolute Gasteiger partial charge is 0.248 e. The number of hydrogen-bond donors (Lipinski definition) is 0. The third-order valence-corrected chi connectivity index (χ3v) is 7.76. The van der Waals surface area contributed by atoms with E-state index in [2.05, 4.69) is 5.16 Å². The molecule has 7 nitrogen and oxygen atoms in total. The van der Waals surface area contributed by atoms with E-state index in [9.17, 15) is 13.2 Å². The highest BCUT2D eigenvalue weighted by atomic mass is 32.2. The summed E-state index contributed by atoms with van der Waals surface area (Å²) in [5.74, 6) is 0.317. The normalized spacial score (nSPS) is 17.1. The molecular weight excluding hydrogens is 386 g/mol. The molecule has 1 amide bonds. The topological polar surface area (TPSA) is 83.7 Å². The van der Waals surface area contributed by atoms with E-state index >= 15 is 0 Å². The number of carbonyl (C=O) groups excluding carboxylic acids is 1. The summed E-state index contributed by atoms with van der Waals surface area (Å²) < 4.78 is 32.1. The number of hydrogen-bond acceptors (Lipinski definition) is 6. The number of nitrogens with zero attached hydrogens (tertiary/aromatic N) is 3. The summed E-state index contributed by atoms with van der Waals surface area (Å²) in [4.78, 5) is 15.6. The summed E-state index contributed by atoms with van der Waals surface area (Å²) in [6.07, 6.45) is 0. The molecule has 1 saturated heterocycles. The minimum atomic E-state index is -3.66. The average molecular weight is 410 g/mol. The van der Waals surface area contributed by atoms with Crippen LogP contribution >= 0.6 is 11.8 Å². The van der Waals surface area contributed by atoms with Gasteiger partial charge in [-0.05, 0) is 32.9 Å². The molecule has 1 aliphatic rings. The van der Waals surface area contributed by atoms with Crippen LogP contribution < -0.4 is 0 Å². The van der Waals surface area contributed by atoms with Crippen LogP contribution in [0.15, 0.2) is 44.6 Å². The standard InChI is InChI=1S/C18H23N3O4S2/c1-13-17(14(2)25-19-13)27(23,24)21-11-9-20(10-12-21)18(22)15(3)26-16-7-5-4-6-8-16/h4-8,15H,9-12H2,1-3H3/t15-/m1/s1. The molecule has 27 heavy (non-hydrogen) atoms. The first-order chi connectivity index (χ1) is 12.8. The molecule has 0 aliphatic carbocycles. The lowest BCUT2D eigenvalue weighted by Gasteiger charge is -2.35. The van der Waals surface area contributed by atoms with Gasteiger partial charge in [0.05, 0.1) is 5.25 Å². The highest BCUT2D eigenvalue weighted by molar-refractivity contribution is 8.00. The average Bonchev–Trinajstić information content (AvgIpc) is 3.01. The van der Waals surface area contributed by atoms with Crippen molar-refractivity contribution in [1.82, 2.24) is 14.4 Å².